The molecule has 18 heavy (non-hydrogen) atoms. The van der Waals surface area contributed by atoms with E-state index >= 15 is 0 Å². The van der Waals surface area contributed by atoms with Crippen LogP contribution in [0.4, 0.5) is 0 Å². The highest BCUT2D eigenvalue weighted by Crippen LogP contribution is 2.58. The number of carbonyl (C=O) groups is 1. The monoisotopic (exact) mass is 290 g/mol. The lowest BCUT2D eigenvalue weighted by Gasteiger charge is -2.23. The molecule has 2 N–H and O–H groups in total. The van der Waals surface area contributed by atoms with Gasteiger partial charge in [0.1, 0.15) is 0 Å². The van der Waals surface area contributed by atoms with Crippen molar-refractivity contribution in [3.05, 3.63) is 0 Å². The molecule has 1 aliphatic carbocycles. The van der Waals surface area contributed by atoms with Crippen molar-refractivity contribution in [1.82, 2.24) is 10.6 Å². The molecule has 2 aliphatic heterocycles. The van der Waals surface area contributed by atoms with Gasteiger partial charge < -0.3 is 10.6 Å². The molecule has 3 nitrogen and oxygen atoms in total. The lowest BCUT2D eigenvalue weighted by Crippen LogP contribution is -2.35. The molecule has 5 heteroatoms. The molecule has 2 atom stereocenters. The Labute approximate surface area is 120 Å². The summed E-state index contributed by atoms with van der Waals surface area (Å²) in [6.07, 6.45) is 6.14. The first kappa shape index (κ1) is 14.5. The zero-order chi connectivity index (χ0) is 11.7. The van der Waals surface area contributed by atoms with Crippen LogP contribution in [-0.2, 0) is 4.79 Å². The van der Waals surface area contributed by atoms with Gasteiger partial charge in [0, 0.05) is 17.7 Å². The van der Waals surface area contributed by atoms with Gasteiger partial charge in [-0.15, -0.1) is 12.4 Å². The second-order valence-electron chi connectivity index (χ2n) is 5.75. The zero-order valence-electron chi connectivity index (χ0n) is 10.7. The Morgan fingerprint density at radius 1 is 1.39 bits per heavy atom. The van der Waals surface area contributed by atoms with E-state index < -0.39 is 0 Å². The van der Waals surface area contributed by atoms with Crippen LogP contribution in [-0.4, -0.2) is 36.5 Å². The fourth-order valence-corrected chi connectivity index (χ4v) is 4.54. The lowest BCUT2D eigenvalue weighted by atomic mass is 9.92. The number of piperidine rings is 1. The molecule has 0 aromatic carbocycles. The van der Waals surface area contributed by atoms with Crippen molar-refractivity contribution in [2.24, 2.45) is 11.3 Å². The van der Waals surface area contributed by atoms with Gasteiger partial charge in [-0.2, -0.15) is 11.8 Å². The average Bonchev–Trinajstić information content (AvgIpc) is 2.82. The van der Waals surface area contributed by atoms with E-state index in [4.69, 9.17) is 0 Å². The lowest BCUT2D eigenvalue weighted by molar-refractivity contribution is -0.123. The number of thioether (sulfide) groups is 1. The maximum atomic E-state index is 12.1. The van der Waals surface area contributed by atoms with Gasteiger partial charge >= 0.3 is 0 Å². The van der Waals surface area contributed by atoms with Crippen LogP contribution in [0, 0.1) is 11.3 Å². The van der Waals surface area contributed by atoms with Crippen LogP contribution < -0.4 is 10.6 Å². The minimum atomic E-state index is 0. The van der Waals surface area contributed by atoms with Crippen molar-refractivity contribution in [1.29, 1.82) is 0 Å². The minimum Gasteiger partial charge on any atom is -0.355 e. The van der Waals surface area contributed by atoms with Crippen LogP contribution in [0.5, 0.6) is 0 Å². The van der Waals surface area contributed by atoms with E-state index in [1.165, 1.54) is 31.4 Å². The van der Waals surface area contributed by atoms with Crippen LogP contribution in [0.1, 0.15) is 32.1 Å². The summed E-state index contributed by atoms with van der Waals surface area (Å²) >= 11 is 2.02. The molecule has 2 unspecified atom stereocenters. The summed E-state index contributed by atoms with van der Waals surface area (Å²) in [6, 6.07) is 0. The molecule has 3 aliphatic rings. The van der Waals surface area contributed by atoms with Gasteiger partial charge in [0.05, 0.1) is 0 Å². The third-order valence-corrected chi connectivity index (χ3v) is 6.03. The van der Waals surface area contributed by atoms with E-state index in [-0.39, 0.29) is 12.4 Å². The fourth-order valence-electron chi connectivity index (χ4n) is 3.34. The number of hydrogen-bond acceptors (Lipinski definition) is 3. The quantitative estimate of drug-likeness (QED) is 0.833. The molecule has 0 aromatic rings. The number of nitrogens with one attached hydrogen (secondary N) is 2. The van der Waals surface area contributed by atoms with Crippen molar-refractivity contribution in [3.63, 3.8) is 0 Å². The molecule has 104 valence electrons. The number of rotatable bonds is 3. The molecule has 1 spiro atoms. The van der Waals surface area contributed by atoms with Crippen LogP contribution in [0.25, 0.3) is 0 Å². The summed E-state index contributed by atoms with van der Waals surface area (Å²) in [7, 11) is 0. The highest BCUT2D eigenvalue weighted by molar-refractivity contribution is 8.00. The van der Waals surface area contributed by atoms with Crippen molar-refractivity contribution < 1.29 is 4.79 Å². The van der Waals surface area contributed by atoms with E-state index in [1.807, 2.05) is 11.8 Å². The number of halogens is 1. The van der Waals surface area contributed by atoms with Gasteiger partial charge in [0.15, 0.2) is 0 Å². The van der Waals surface area contributed by atoms with Crippen molar-refractivity contribution >= 4 is 30.1 Å². The first-order chi connectivity index (χ1) is 8.30. The Balaban J connectivity index is 0.00000120. The Bertz CT molecular complexity index is 301. The van der Waals surface area contributed by atoms with Crippen molar-refractivity contribution in [2.75, 3.05) is 25.4 Å². The molecule has 1 amide bonds. The summed E-state index contributed by atoms with van der Waals surface area (Å²) in [6.45, 7) is 3.10. The summed E-state index contributed by atoms with van der Waals surface area (Å²) in [4.78, 5) is 12.1. The average molecular weight is 291 g/mol. The smallest absolute Gasteiger partial charge is 0.223 e. The normalized spacial score (nSPS) is 32.9. The minimum absolute atomic E-state index is 0. The van der Waals surface area contributed by atoms with Crippen LogP contribution in [0.15, 0.2) is 0 Å². The third-order valence-electron chi connectivity index (χ3n) is 4.63. The van der Waals surface area contributed by atoms with E-state index in [0.717, 1.165) is 26.1 Å². The van der Waals surface area contributed by atoms with Gasteiger partial charge in [-0.05, 0) is 56.4 Å². The summed E-state index contributed by atoms with van der Waals surface area (Å²) in [5, 5.41) is 7.24. The highest BCUT2D eigenvalue weighted by atomic mass is 35.5. The molecular weight excluding hydrogens is 268 g/mol. The molecule has 2 saturated heterocycles. The molecule has 0 aromatic heterocycles. The highest BCUT2D eigenvalue weighted by Gasteiger charge is 2.57. The molecule has 3 fully saturated rings. The Morgan fingerprint density at radius 2 is 2.17 bits per heavy atom. The van der Waals surface area contributed by atoms with Gasteiger partial charge in [0.2, 0.25) is 5.91 Å². The number of carbonyl (C=O) groups excluding carboxylic acids is 1. The fraction of sp³-hybridized carbons (Fsp3) is 0.923. The molecule has 0 bridgehead atoms. The van der Waals surface area contributed by atoms with Gasteiger partial charge in [0.25, 0.3) is 0 Å². The van der Waals surface area contributed by atoms with Gasteiger partial charge in [-0.3, -0.25) is 4.79 Å². The van der Waals surface area contributed by atoms with E-state index in [9.17, 15) is 4.79 Å². The topological polar surface area (TPSA) is 41.1 Å². The third kappa shape index (κ3) is 2.97. The van der Waals surface area contributed by atoms with Crippen LogP contribution in [0.2, 0.25) is 0 Å². The summed E-state index contributed by atoms with van der Waals surface area (Å²) < 4.78 is 0. The maximum Gasteiger partial charge on any atom is 0.223 e. The van der Waals surface area contributed by atoms with Gasteiger partial charge in [-0.1, -0.05) is 0 Å². The first-order valence-electron chi connectivity index (χ1n) is 6.90. The van der Waals surface area contributed by atoms with Crippen molar-refractivity contribution in [2.45, 2.75) is 37.4 Å². The maximum absolute atomic E-state index is 12.1. The van der Waals surface area contributed by atoms with Crippen LogP contribution in [0.3, 0.4) is 0 Å². The van der Waals surface area contributed by atoms with E-state index in [2.05, 4.69) is 10.6 Å². The summed E-state index contributed by atoms with van der Waals surface area (Å²) in [5.74, 6) is 1.94. The Hall–Kier alpha value is 0.0700. The first-order valence-corrected chi connectivity index (χ1v) is 7.95. The predicted molar refractivity (Wildman–Crippen MR) is 78.4 cm³/mol. The van der Waals surface area contributed by atoms with E-state index in [0.29, 0.717) is 22.5 Å². The molecule has 2 heterocycles. The molecular formula is C13H23ClN2OS. The number of hydrogen-bond donors (Lipinski definition) is 2. The van der Waals surface area contributed by atoms with E-state index in [1.54, 1.807) is 0 Å². The summed E-state index contributed by atoms with van der Waals surface area (Å²) in [5.41, 5.74) is 0.387. The SMILES string of the molecule is Cl.O=C(NCC1CCCS1)C1CC12CCNCC2. The molecule has 1 saturated carbocycles. The van der Waals surface area contributed by atoms with Gasteiger partial charge in [-0.25, -0.2) is 0 Å². The molecule has 0 radical (unpaired) electrons. The Morgan fingerprint density at radius 3 is 2.83 bits per heavy atom. The Kier molecular flexibility index (Phi) is 4.84. The standard InChI is InChI=1S/C13H22N2OS.ClH/c16-12(15-9-10-2-1-7-17-10)11-8-13(11)3-5-14-6-4-13;/h10-11,14H,1-9H2,(H,15,16);1H. The zero-order valence-corrected chi connectivity index (χ0v) is 12.4. The second kappa shape index (κ2) is 6.02. The predicted octanol–water partition coefficient (Wildman–Crippen LogP) is 1.81. The van der Waals surface area contributed by atoms with Crippen LogP contribution >= 0.6 is 24.2 Å². The largest absolute Gasteiger partial charge is 0.355 e. The number of amides is 1. The molecule has 3 rings (SSSR count). The van der Waals surface area contributed by atoms with Crippen molar-refractivity contribution in [3.8, 4) is 0 Å². The second-order valence-corrected chi connectivity index (χ2v) is 7.16.